The molecule has 0 aromatic carbocycles. The molecular weight excluding hydrogens is 194 g/mol. The van der Waals surface area contributed by atoms with Gasteiger partial charge in [0.2, 0.25) is 6.10 Å². The van der Waals surface area contributed by atoms with E-state index in [1.165, 1.54) is 0 Å². The molecule has 86 valence electrons. The normalized spacial score (nSPS) is 25.0. The largest absolute Gasteiger partial charge is 0.464 e. The molecule has 0 fully saturated rings. The van der Waals surface area contributed by atoms with E-state index in [1.54, 1.807) is 13.8 Å². The molecule has 0 saturated heterocycles. The van der Waals surface area contributed by atoms with Crippen molar-refractivity contribution in [2.45, 2.75) is 46.3 Å². The van der Waals surface area contributed by atoms with E-state index in [4.69, 9.17) is 9.47 Å². The van der Waals surface area contributed by atoms with E-state index in [-0.39, 0.29) is 12.0 Å². The zero-order chi connectivity index (χ0) is 11.4. The predicted octanol–water partition coefficient (Wildman–Crippen LogP) is 1.78. The van der Waals surface area contributed by atoms with Crippen LogP contribution in [0.4, 0.5) is 0 Å². The SMILES string of the molecule is CCOC(=O)[C@@H]1OC(C)=N[C@H]1CC(C)C. The summed E-state index contributed by atoms with van der Waals surface area (Å²) in [6.45, 7) is 8.15. The molecule has 1 aliphatic rings. The lowest BCUT2D eigenvalue weighted by atomic mass is 10.0. The van der Waals surface area contributed by atoms with Gasteiger partial charge in [0.15, 0.2) is 5.90 Å². The first-order valence-corrected chi connectivity index (χ1v) is 5.42. The molecule has 1 heterocycles. The first kappa shape index (κ1) is 12.0. The van der Waals surface area contributed by atoms with E-state index in [9.17, 15) is 4.79 Å². The summed E-state index contributed by atoms with van der Waals surface area (Å²) in [6.07, 6.45) is 0.313. The summed E-state index contributed by atoms with van der Waals surface area (Å²) in [7, 11) is 0. The Hall–Kier alpha value is -1.06. The molecule has 0 amide bonds. The minimum Gasteiger partial charge on any atom is -0.464 e. The van der Waals surface area contributed by atoms with E-state index in [1.807, 2.05) is 0 Å². The van der Waals surface area contributed by atoms with Gasteiger partial charge in [-0.2, -0.15) is 0 Å². The summed E-state index contributed by atoms with van der Waals surface area (Å²) in [5.41, 5.74) is 0. The van der Waals surface area contributed by atoms with Gasteiger partial charge < -0.3 is 9.47 Å². The Labute approximate surface area is 90.7 Å². The van der Waals surface area contributed by atoms with Crippen molar-refractivity contribution in [3.8, 4) is 0 Å². The fourth-order valence-electron chi connectivity index (χ4n) is 1.68. The van der Waals surface area contributed by atoms with Gasteiger partial charge in [-0.25, -0.2) is 9.79 Å². The number of esters is 1. The third kappa shape index (κ3) is 3.22. The number of aliphatic imine (C=N–C) groups is 1. The maximum Gasteiger partial charge on any atom is 0.349 e. The van der Waals surface area contributed by atoms with Crippen LogP contribution in [0.25, 0.3) is 0 Å². The van der Waals surface area contributed by atoms with Crippen LogP contribution in [0.5, 0.6) is 0 Å². The van der Waals surface area contributed by atoms with Crippen molar-refractivity contribution < 1.29 is 14.3 Å². The molecule has 0 saturated carbocycles. The van der Waals surface area contributed by atoms with Crippen molar-refractivity contribution in [3.63, 3.8) is 0 Å². The molecule has 4 heteroatoms. The molecule has 1 rings (SSSR count). The van der Waals surface area contributed by atoms with Crippen molar-refractivity contribution in [1.82, 2.24) is 0 Å². The van der Waals surface area contributed by atoms with Gasteiger partial charge in [-0.15, -0.1) is 0 Å². The van der Waals surface area contributed by atoms with E-state index >= 15 is 0 Å². The quantitative estimate of drug-likeness (QED) is 0.669. The van der Waals surface area contributed by atoms with Crippen LogP contribution in [-0.4, -0.2) is 30.6 Å². The summed E-state index contributed by atoms with van der Waals surface area (Å²) in [4.78, 5) is 15.9. The maximum atomic E-state index is 11.6. The zero-order valence-electron chi connectivity index (χ0n) is 9.82. The van der Waals surface area contributed by atoms with Crippen molar-refractivity contribution in [3.05, 3.63) is 0 Å². The lowest BCUT2D eigenvalue weighted by Gasteiger charge is -2.17. The van der Waals surface area contributed by atoms with Crippen LogP contribution in [0, 0.1) is 5.92 Å². The molecule has 0 aliphatic carbocycles. The van der Waals surface area contributed by atoms with Crippen LogP contribution in [0.3, 0.4) is 0 Å². The Morgan fingerprint density at radius 2 is 2.27 bits per heavy atom. The van der Waals surface area contributed by atoms with Crippen LogP contribution in [0.1, 0.15) is 34.1 Å². The van der Waals surface area contributed by atoms with Crippen LogP contribution in [0.2, 0.25) is 0 Å². The second kappa shape index (κ2) is 5.14. The number of rotatable bonds is 4. The van der Waals surface area contributed by atoms with Gasteiger partial charge >= 0.3 is 5.97 Å². The topological polar surface area (TPSA) is 47.9 Å². The standard InChI is InChI=1S/C11H19NO3/c1-5-14-11(13)10-9(6-7(2)3)12-8(4)15-10/h7,9-10H,5-6H2,1-4H3/t9-,10+/m0/s1. The third-order valence-electron chi connectivity index (χ3n) is 2.23. The van der Waals surface area contributed by atoms with Crippen LogP contribution >= 0.6 is 0 Å². The van der Waals surface area contributed by atoms with Crippen LogP contribution in [0.15, 0.2) is 4.99 Å². The molecule has 0 N–H and O–H groups in total. The summed E-state index contributed by atoms with van der Waals surface area (Å²) in [5, 5.41) is 0. The average Bonchev–Trinajstić information content (AvgIpc) is 2.46. The second-order valence-corrected chi connectivity index (χ2v) is 4.14. The summed E-state index contributed by atoms with van der Waals surface area (Å²) >= 11 is 0. The summed E-state index contributed by atoms with van der Waals surface area (Å²) in [5.74, 6) is 0.771. The maximum absolute atomic E-state index is 11.6. The number of nitrogens with zero attached hydrogens (tertiary/aromatic N) is 1. The summed E-state index contributed by atoms with van der Waals surface area (Å²) in [6, 6.07) is -0.0796. The fourth-order valence-corrected chi connectivity index (χ4v) is 1.68. The highest BCUT2D eigenvalue weighted by Gasteiger charge is 2.36. The smallest absolute Gasteiger partial charge is 0.349 e. The minimum atomic E-state index is -0.535. The minimum absolute atomic E-state index is 0.0796. The number of carbonyl (C=O) groups is 1. The van der Waals surface area contributed by atoms with Gasteiger partial charge in [0.1, 0.15) is 6.04 Å². The summed E-state index contributed by atoms with van der Waals surface area (Å²) < 4.78 is 10.3. The first-order valence-electron chi connectivity index (χ1n) is 5.42. The molecule has 15 heavy (non-hydrogen) atoms. The lowest BCUT2D eigenvalue weighted by molar-refractivity contribution is -0.152. The molecule has 0 radical (unpaired) electrons. The number of ether oxygens (including phenoxy) is 2. The van der Waals surface area contributed by atoms with E-state index < -0.39 is 6.10 Å². The number of hydrogen-bond donors (Lipinski definition) is 0. The second-order valence-electron chi connectivity index (χ2n) is 4.14. The Bertz CT molecular complexity index is 261. The molecule has 4 nitrogen and oxygen atoms in total. The van der Waals surface area contributed by atoms with Crippen LogP contribution in [-0.2, 0) is 14.3 Å². The van der Waals surface area contributed by atoms with Gasteiger partial charge in [-0.3, -0.25) is 0 Å². The highest BCUT2D eigenvalue weighted by molar-refractivity contribution is 5.84. The van der Waals surface area contributed by atoms with Gasteiger partial charge in [0.05, 0.1) is 6.61 Å². The third-order valence-corrected chi connectivity index (χ3v) is 2.23. The average molecular weight is 213 g/mol. The molecule has 1 aliphatic heterocycles. The molecule has 2 atom stereocenters. The number of hydrogen-bond acceptors (Lipinski definition) is 4. The van der Waals surface area contributed by atoms with Gasteiger partial charge in [0.25, 0.3) is 0 Å². The number of carbonyl (C=O) groups excluding carboxylic acids is 1. The van der Waals surface area contributed by atoms with Crippen molar-refractivity contribution in [2.24, 2.45) is 10.9 Å². The predicted molar refractivity (Wildman–Crippen MR) is 57.9 cm³/mol. The Kier molecular flexibility index (Phi) is 4.12. The van der Waals surface area contributed by atoms with Gasteiger partial charge in [0, 0.05) is 6.92 Å². The molecule has 0 aromatic rings. The van der Waals surface area contributed by atoms with Gasteiger partial charge in [-0.1, -0.05) is 13.8 Å². The Morgan fingerprint density at radius 3 is 2.80 bits per heavy atom. The molecule has 0 spiro atoms. The monoisotopic (exact) mass is 213 g/mol. The van der Waals surface area contributed by atoms with E-state index in [0.29, 0.717) is 18.4 Å². The molecule has 0 bridgehead atoms. The van der Waals surface area contributed by atoms with E-state index in [2.05, 4.69) is 18.8 Å². The van der Waals surface area contributed by atoms with Crippen molar-refractivity contribution >= 4 is 11.9 Å². The molecular formula is C11H19NO3. The molecule has 0 aromatic heterocycles. The van der Waals surface area contributed by atoms with Crippen molar-refractivity contribution in [2.75, 3.05) is 6.61 Å². The lowest BCUT2D eigenvalue weighted by Crippen LogP contribution is -2.34. The van der Waals surface area contributed by atoms with Crippen molar-refractivity contribution in [1.29, 1.82) is 0 Å². The fraction of sp³-hybridized carbons (Fsp3) is 0.818. The highest BCUT2D eigenvalue weighted by atomic mass is 16.6. The first-order chi connectivity index (χ1) is 7.04. The Morgan fingerprint density at radius 1 is 1.60 bits per heavy atom. The molecule has 0 unspecified atom stereocenters. The van der Waals surface area contributed by atoms with E-state index in [0.717, 1.165) is 6.42 Å². The highest BCUT2D eigenvalue weighted by Crippen LogP contribution is 2.21. The van der Waals surface area contributed by atoms with Gasteiger partial charge in [-0.05, 0) is 19.3 Å². The van der Waals surface area contributed by atoms with Crippen LogP contribution < -0.4 is 0 Å². The zero-order valence-corrected chi connectivity index (χ0v) is 9.82. The Balaban J connectivity index is 2.61.